The maximum atomic E-state index is 13.7. The van der Waals surface area contributed by atoms with Gasteiger partial charge in [-0.05, 0) is 43.7 Å². The standard InChI is InChI=1S/C19H21F2NO3/c1-3-5-10-25-17-9-6-13(11-18(17)24-4-2)19(23)22-16-8-7-14(20)12-15(16)21/h6-9,11-12H,3-5,10H2,1-2H3,(H,22,23). The van der Waals surface area contributed by atoms with E-state index in [0.717, 1.165) is 18.9 Å². The van der Waals surface area contributed by atoms with Crippen LogP contribution in [0.5, 0.6) is 11.5 Å². The van der Waals surface area contributed by atoms with Gasteiger partial charge >= 0.3 is 0 Å². The monoisotopic (exact) mass is 349 g/mol. The van der Waals surface area contributed by atoms with Crippen LogP contribution in [0.2, 0.25) is 0 Å². The number of hydrogen-bond donors (Lipinski definition) is 1. The quantitative estimate of drug-likeness (QED) is 0.697. The highest BCUT2D eigenvalue weighted by Gasteiger charge is 2.14. The molecule has 6 heteroatoms. The molecule has 0 aliphatic heterocycles. The molecular weight excluding hydrogens is 328 g/mol. The van der Waals surface area contributed by atoms with Crippen molar-refractivity contribution in [1.82, 2.24) is 0 Å². The number of anilines is 1. The second-order valence-corrected chi connectivity index (χ2v) is 5.37. The smallest absolute Gasteiger partial charge is 0.255 e. The van der Waals surface area contributed by atoms with Gasteiger partial charge in [-0.1, -0.05) is 13.3 Å². The number of amides is 1. The molecule has 0 radical (unpaired) electrons. The first-order chi connectivity index (χ1) is 12.0. The summed E-state index contributed by atoms with van der Waals surface area (Å²) < 4.78 is 37.8. The first-order valence-corrected chi connectivity index (χ1v) is 8.21. The van der Waals surface area contributed by atoms with Gasteiger partial charge < -0.3 is 14.8 Å². The third-order valence-corrected chi connectivity index (χ3v) is 3.44. The van der Waals surface area contributed by atoms with E-state index in [1.54, 1.807) is 18.2 Å². The summed E-state index contributed by atoms with van der Waals surface area (Å²) in [7, 11) is 0. The summed E-state index contributed by atoms with van der Waals surface area (Å²) in [5, 5.41) is 2.42. The maximum absolute atomic E-state index is 13.7. The van der Waals surface area contributed by atoms with Crippen molar-refractivity contribution in [2.45, 2.75) is 26.7 Å². The highest BCUT2D eigenvalue weighted by atomic mass is 19.1. The molecule has 0 aromatic heterocycles. The van der Waals surface area contributed by atoms with Crippen molar-refractivity contribution in [3.8, 4) is 11.5 Å². The maximum Gasteiger partial charge on any atom is 0.255 e. The Kier molecular flexibility index (Phi) is 6.74. The fourth-order valence-electron chi connectivity index (χ4n) is 2.15. The van der Waals surface area contributed by atoms with Crippen LogP contribution in [-0.2, 0) is 0 Å². The second-order valence-electron chi connectivity index (χ2n) is 5.37. The number of benzene rings is 2. The Labute approximate surface area is 145 Å². The van der Waals surface area contributed by atoms with Crippen LogP contribution in [-0.4, -0.2) is 19.1 Å². The van der Waals surface area contributed by atoms with Gasteiger partial charge in [-0.25, -0.2) is 8.78 Å². The van der Waals surface area contributed by atoms with Crippen LogP contribution < -0.4 is 14.8 Å². The van der Waals surface area contributed by atoms with E-state index in [9.17, 15) is 13.6 Å². The molecule has 1 N–H and O–H groups in total. The number of halogens is 2. The van der Waals surface area contributed by atoms with Gasteiger partial charge in [0, 0.05) is 11.6 Å². The van der Waals surface area contributed by atoms with Gasteiger partial charge in [-0.15, -0.1) is 0 Å². The van der Waals surface area contributed by atoms with E-state index >= 15 is 0 Å². The molecule has 0 aliphatic rings. The van der Waals surface area contributed by atoms with Crippen LogP contribution >= 0.6 is 0 Å². The van der Waals surface area contributed by atoms with Gasteiger partial charge in [-0.3, -0.25) is 4.79 Å². The Morgan fingerprint density at radius 2 is 1.84 bits per heavy atom. The highest BCUT2D eigenvalue weighted by Crippen LogP contribution is 2.29. The van der Waals surface area contributed by atoms with Crippen molar-refractivity contribution in [3.63, 3.8) is 0 Å². The molecule has 0 atom stereocenters. The van der Waals surface area contributed by atoms with Crippen molar-refractivity contribution in [3.05, 3.63) is 53.6 Å². The molecule has 1 amide bonds. The van der Waals surface area contributed by atoms with Crippen LogP contribution in [0.25, 0.3) is 0 Å². The second kappa shape index (κ2) is 9.01. The summed E-state index contributed by atoms with van der Waals surface area (Å²) in [5.74, 6) is -1.06. The van der Waals surface area contributed by atoms with E-state index in [1.807, 2.05) is 6.92 Å². The molecule has 2 aromatic carbocycles. The summed E-state index contributed by atoms with van der Waals surface area (Å²) >= 11 is 0. The van der Waals surface area contributed by atoms with Gasteiger partial charge in [-0.2, -0.15) is 0 Å². The average molecular weight is 349 g/mol. The molecule has 0 saturated heterocycles. The van der Waals surface area contributed by atoms with E-state index in [2.05, 4.69) is 12.2 Å². The molecule has 134 valence electrons. The predicted octanol–water partition coefficient (Wildman–Crippen LogP) is 4.79. The van der Waals surface area contributed by atoms with E-state index in [1.165, 1.54) is 6.07 Å². The largest absolute Gasteiger partial charge is 0.490 e. The third kappa shape index (κ3) is 5.17. The summed E-state index contributed by atoms with van der Waals surface area (Å²) in [6.07, 6.45) is 1.92. The lowest BCUT2D eigenvalue weighted by molar-refractivity contribution is 0.102. The first-order valence-electron chi connectivity index (χ1n) is 8.21. The zero-order valence-corrected chi connectivity index (χ0v) is 14.3. The summed E-state index contributed by atoms with van der Waals surface area (Å²) in [4.78, 5) is 12.3. The average Bonchev–Trinajstić information content (AvgIpc) is 2.59. The van der Waals surface area contributed by atoms with Gasteiger partial charge in [0.1, 0.15) is 11.6 Å². The molecule has 0 heterocycles. The van der Waals surface area contributed by atoms with Crippen LogP contribution in [0.4, 0.5) is 14.5 Å². The predicted molar refractivity (Wildman–Crippen MR) is 92.3 cm³/mol. The number of hydrogen-bond acceptors (Lipinski definition) is 3. The van der Waals surface area contributed by atoms with E-state index < -0.39 is 17.5 Å². The molecule has 0 saturated carbocycles. The first kappa shape index (κ1) is 18.7. The van der Waals surface area contributed by atoms with Crippen molar-refractivity contribution in [1.29, 1.82) is 0 Å². The van der Waals surface area contributed by atoms with Gasteiger partial charge in [0.2, 0.25) is 0 Å². The van der Waals surface area contributed by atoms with Crippen LogP contribution in [0.15, 0.2) is 36.4 Å². The van der Waals surface area contributed by atoms with Gasteiger partial charge in [0.05, 0.1) is 18.9 Å². The fraction of sp³-hybridized carbons (Fsp3) is 0.316. The van der Waals surface area contributed by atoms with Gasteiger partial charge in [0.25, 0.3) is 5.91 Å². The lowest BCUT2D eigenvalue weighted by atomic mass is 10.1. The third-order valence-electron chi connectivity index (χ3n) is 3.44. The molecule has 0 aliphatic carbocycles. The van der Waals surface area contributed by atoms with Crippen molar-refractivity contribution < 1.29 is 23.0 Å². The summed E-state index contributed by atoms with van der Waals surface area (Å²) in [6, 6.07) is 7.73. The van der Waals surface area contributed by atoms with Crippen molar-refractivity contribution >= 4 is 11.6 Å². The minimum absolute atomic E-state index is 0.0902. The number of unbranched alkanes of at least 4 members (excludes halogenated alkanes) is 1. The molecule has 2 aromatic rings. The lowest BCUT2D eigenvalue weighted by Gasteiger charge is -2.13. The number of carbonyl (C=O) groups is 1. The fourth-order valence-corrected chi connectivity index (χ4v) is 2.15. The lowest BCUT2D eigenvalue weighted by Crippen LogP contribution is -2.13. The minimum Gasteiger partial charge on any atom is -0.490 e. The molecule has 0 unspecified atom stereocenters. The van der Waals surface area contributed by atoms with Crippen molar-refractivity contribution in [2.24, 2.45) is 0 Å². The minimum atomic E-state index is -0.835. The molecular formula is C19H21F2NO3. The van der Waals surface area contributed by atoms with Crippen LogP contribution in [0.3, 0.4) is 0 Å². The molecule has 0 spiro atoms. The van der Waals surface area contributed by atoms with Gasteiger partial charge in [0.15, 0.2) is 11.5 Å². The van der Waals surface area contributed by atoms with E-state index in [0.29, 0.717) is 30.8 Å². The van der Waals surface area contributed by atoms with Crippen LogP contribution in [0.1, 0.15) is 37.0 Å². The zero-order valence-electron chi connectivity index (χ0n) is 14.3. The molecule has 2 rings (SSSR count). The molecule has 4 nitrogen and oxygen atoms in total. The molecule has 0 fully saturated rings. The SMILES string of the molecule is CCCCOc1ccc(C(=O)Nc2ccc(F)cc2F)cc1OCC. The number of ether oxygens (including phenoxy) is 2. The number of nitrogens with one attached hydrogen (secondary N) is 1. The summed E-state index contributed by atoms with van der Waals surface area (Å²) in [5.41, 5.74) is 0.197. The molecule has 25 heavy (non-hydrogen) atoms. The summed E-state index contributed by atoms with van der Waals surface area (Å²) in [6.45, 7) is 4.87. The Bertz CT molecular complexity index is 735. The zero-order chi connectivity index (χ0) is 18.2. The normalized spacial score (nSPS) is 10.4. The Morgan fingerprint density at radius 1 is 1.04 bits per heavy atom. The van der Waals surface area contributed by atoms with E-state index in [4.69, 9.17) is 9.47 Å². The number of carbonyl (C=O) groups excluding carboxylic acids is 1. The highest BCUT2D eigenvalue weighted by molar-refractivity contribution is 6.04. The molecule has 0 bridgehead atoms. The Morgan fingerprint density at radius 3 is 2.52 bits per heavy atom. The van der Waals surface area contributed by atoms with E-state index in [-0.39, 0.29) is 11.3 Å². The van der Waals surface area contributed by atoms with Crippen molar-refractivity contribution in [2.75, 3.05) is 18.5 Å². The van der Waals surface area contributed by atoms with Crippen LogP contribution in [0, 0.1) is 11.6 Å². The number of rotatable bonds is 8. The topological polar surface area (TPSA) is 47.6 Å². The Balaban J connectivity index is 2.17. The Hall–Kier alpha value is -2.63.